The molecule has 0 aromatic carbocycles. The number of aromatic nitrogens is 2. The summed E-state index contributed by atoms with van der Waals surface area (Å²) < 4.78 is 6.69. The summed E-state index contributed by atoms with van der Waals surface area (Å²) in [5, 5.41) is 5.71. The van der Waals surface area contributed by atoms with Gasteiger partial charge in [-0.2, -0.15) is 0 Å². The van der Waals surface area contributed by atoms with E-state index >= 15 is 0 Å². The summed E-state index contributed by atoms with van der Waals surface area (Å²) in [4.78, 5) is 30.3. The Morgan fingerprint density at radius 1 is 1.50 bits per heavy atom. The molecule has 3 rings (SSSR count). The Hall–Kier alpha value is -2.77. The number of rotatable bonds is 4. The van der Waals surface area contributed by atoms with Gasteiger partial charge in [0, 0.05) is 38.6 Å². The maximum Gasteiger partial charge on any atom is 0.315 e. The average molecular weight is 331 g/mol. The molecular formula is C16H21N5O3. The predicted molar refractivity (Wildman–Crippen MR) is 88.8 cm³/mol. The molecule has 2 aromatic rings. The summed E-state index contributed by atoms with van der Waals surface area (Å²) in [7, 11) is 1.70. The number of hydrogen-bond donors (Lipinski definition) is 2. The van der Waals surface area contributed by atoms with Gasteiger partial charge in [0.05, 0.1) is 12.8 Å². The maximum atomic E-state index is 12.2. The number of urea groups is 1. The van der Waals surface area contributed by atoms with E-state index in [1.807, 2.05) is 4.90 Å². The third-order valence-electron chi connectivity index (χ3n) is 4.06. The zero-order valence-electron chi connectivity index (χ0n) is 13.6. The number of anilines is 1. The van der Waals surface area contributed by atoms with Gasteiger partial charge < -0.3 is 24.5 Å². The van der Waals surface area contributed by atoms with E-state index in [2.05, 4.69) is 15.6 Å². The Morgan fingerprint density at radius 2 is 2.38 bits per heavy atom. The van der Waals surface area contributed by atoms with Crippen molar-refractivity contribution in [2.75, 3.05) is 18.0 Å². The highest BCUT2D eigenvalue weighted by Crippen LogP contribution is 2.14. The van der Waals surface area contributed by atoms with Crippen LogP contribution in [0.5, 0.6) is 0 Å². The van der Waals surface area contributed by atoms with Crippen LogP contribution < -0.4 is 21.1 Å². The van der Waals surface area contributed by atoms with Crippen molar-refractivity contribution < 1.29 is 9.21 Å². The minimum absolute atomic E-state index is 0.0259. The van der Waals surface area contributed by atoms with Gasteiger partial charge in [-0.05, 0) is 25.0 Å². The highest BCUT2D eigenvalue weighted by molar-refractivity contribution is 5.74. The Bertz CT molecular complexity index is 740. The smallest absolute Gasteiger partial charge is 0.315 e. The molecule has 8 heteroatoms. The first kappa shape index (κ1) is 16.1. The average Bonchev–Trinajstić information content (AvgIpc) is 3.09. The molecule has 2 N–H and O–H groups in total. The van der Waals surface area contributed by atoms with E-state index in [1.165, 1.54) is 4.57 Å². The van der Waals surface area contributed by atoms with Crippen molar-refractivity contribution in [3.63, 3.8) is 0 Å². The van der Waals surface area contributed by atoms with Crippen molar-refractivity contribution in [1.29, 1.82) is 0 Å². The fourth-order valence-corrected chi connectivity index (χ4v) is 2.81. The van der Waals surface area contributed by atoms with Crippen LogP contribution in [0.1, 0.15) is 18.6 Å². The molecule has 0 spiro atoms. The molecule has 0 aliphatic carbocycles. The van der Waals surface area contributed by atoms with Crippen molar-refractivity contribution in [3.8, 4) is 0 Å². The molecule has 8 nitrogen and oxygen atoms in total. The second-order valence-corrected chi connectivity index (χ2v) is 5.86. The van der Waals surface area contributed by atoms with E-state index in [1.54, 1.807) is 37.8 Å². The van der Waals surface area contributed by atoms with Gasteiger partial charge in [-0.3, -0.25) is 4.79 Å². The van der Waals surface area contributed by atoms with Crippen molar-refractivity contribution >= 4 is 11.8 Å². The number of piperidine rings is 1. The number of aryl methyl sites for hydroxylation is 1. The molecule has 2 aromatic heterocycles. The molecule has 3 heterocycles. The molecule has 0 bridgehead atoms. The van der Waals surface area contributed by atoms with Crippen LogP contribution in [-0.4, -0.2) is 34.7 Å². The molecule has 128 valence electrons. The number of nitrogens with zero attached hydrogens (tertiary/aromatic N) is 3. The SMILES string of the molecule is Cn1ccnc(N2CCCC(NC(=O)NCc3ccco3)C2)c1=O. The standard InChI is InChI=1S/C16H21N5O3/c1-20-8-6-17-14(15(20)22)21-7-2-4-12(11-21)19-16(23)18-10-13-5-3-9-24-13/h3,5-6,8-9,12H,2,4,7,10-11H2,1H3,(H2,18,19,23). The molecule has 1 unspecified atom stereocenters. The first-order valence-electron chi connectivity index (χ1n) is 7.97. The monoisotopic (exact) mass is 331 g/mol. The molecule has 1 fully saturated rings. The normalized spacial score (nSPS) is 17.5. The lowest BCUT2D eigenvalue weighted by molar-refractivity contribution is 0.233. The highest BCUT2D eigenvalue weighted by atomic mass is 16.3. The van der Waals surface area contributed by atoms with Crippen LogP contribution in [0.3, 0.4) is 0 Å². The third kappa shape index (κ3) is 3.76. The van der Waals surface area contributed by atoms with Crippen molar-refractivity contribution in [2.24, 2.45) is 7.05 Å². The van der Waals surface area contributed by atoms with Crippen molar-refractivity contribution in [1.82, 2.24) is 20.2 Å². The molecule has 0 saturated carbocycles. The summed E-state index contributed by atoms with van der Waals surface area (Å²) in [6.45, 7) is 1.68. The van der Waals surface area contributed by atoms with Crippen LogP contribution >= 0.6 is 0 Å². The van der Waals surface area contributed by atoms with E-state index in [9.17, 15) is 9.59 Å². The fraction of sp³-hybridized carbons (Fsp3) is 0.438. The lowest BCUT2D eigenvalue weighted by Crippen LogP contribution is -2.51. The van der Waals surface area contributed by atoms with Crippen LogP contribution in [0.2, 0.25) is 0 Å². The number of amides is 2. The Kier molecular flexibility index (Phi) is 4.83. The van der Waals surface area contributed by atoms with Crippen molar-refractivity contribution in [3.05, 3.63) is 46.9 Å². The van der Waals surface area contributed by atoms with Gasteiger partial charge in [-0.1, -0.05) is 0 Å². The minimum atomic E-state index is -0.243. The lowest BCUT2D eigenvalue weighted by atomic mass is 10.1. The largest absolute Gasteiger partial charge is 0.467 e. The zero-order chi connectivity index (χ0) is 16.9. The van der Waals surface area contributed by atoms with E-state index in [4.69, 9.17) is 4.42 Å². The number of carbonyl (C=O) groups is 1. The number of furan rings is 1. The Labute approximate surface area is 139 Å². The molecule has 1 saturated heterocycles. The number of hydrogen-bond acceptors (Lipinski definition) is 5. The number of nitrogens with one attached hydrogen (secondary N) is 2. The molecule has 24 heavy (non-hydrogen) atoms. The van der Waals surface area contributed by atoms with Crippen LogP contribution in [0.25, 0.3) is 0 Å². The van der Waals surface area contributed by atoms with Gasteiger partial charge in [0.2, 0.25) is 0 Å². The van der Waals surface area contributed by atoms with Gasteiger partial charge in [-0.25, -0.2) is 9.78 Å². The van der Waals surface area contributed by atoms with Crippen LogP contribution in [0, 0.1) is 0 Å². The molecular weight excluding hydrogens is 310 g/mol. The van der Waals surface area contributed by atoms with E-state index in [0.717, 1.165) is 19.4 Å². The Morgan fingerprint density at radius 3 is 3.17 bits per heavy atom. The zero-order valence-corrected chi connectivity index (χ0v) is 13.6. The Balaban J connectivity index is 1.56. The van der Waals surface area contributed by atoms with Crippen LogP contribution in [0.4, 0.5) is 10.6 Å². The van der Waals surface area contributed by atoms with Gasteiger partial charge >= 0.3 is 6.03 Å². The second kappa shape index (κ2) is 7.20. The maximum absolute atomic E-state index is 12.2. The lowest BCUT2D eigenvalue weighted by Gasteiger charge is -2.33. The first-order valence-corrected chi connectivity index (χ1v) is 7.97. The fourth-order valence-electron chi connectivity index (χ4n) is 2.81. The summed E-state index contributed by atoms with van der Waals surface area (Å²) >= 11 is 0. The summed E-state index contributed by atoms with van der Waals surface area (Å²) in [6, 6.07) is 3.31. The second-order valence-electron chi connectivity index (χ2n) is 5.86. The predicted octanol–water partition coefficient (Wildman–Crippen LogP) is 0.841. The van der Waals surface area contributed by atoms with Gasteiger partial charge in [0.15, 0.2) is 5.82 Å². The van der Waals surface area contributed by atoms with Gasteiger partial charge in [0.25, 0.3) is 5.56 Å². The first-order chi connectivity index (χ1) is 11.6. The molecule has 1 atom stereocenters. The van der Waals surface area contributed by atoms with Crippen molar-refractivity contribution in [2.45, 2.75) is 25.4 Å². The van der Waals surface area contributed by atoms with E-state index < -0.39 is 0 Å². The van der Waals surface area contributed by atoms with Gasteiger partial charge in [-0.15, -0.1) is 0 Å². The quantitative estimate of drug-likeness (QED) is 0.866. The minimum Gasteiger partial charge on any atom is -0.467 e. The van der Waals surface area contributed by atoms with Crippen LogP contribution in [-0.2, 0) is 13.6 Å². The molecule has 1 aliphatic rings. The van der Waals surface area contributed by atoms with Gasteiger partial charge in [0.1, 0.15) is 5.76 Å². The molecule has 1 aliphatic heterocycles. The van der Waals surface area contributed by atoms with Crippen LogP contribution in [0.15, 0.2) is 40.0 Å². The third-order valence-corrected chi connectivity index (χ3v) is 4.06. The summed E-state index contributed by atoms with van der Waals surface area (Å²) in [5.41, 5.74) is -0.125. The molecule has 0 radical (unpaired) electrons. The van der Waals surface area contributed by atoms with E-state index in [0.29, 0.717) is 24.7 Å². The topological polar surface area (TPSA) is 92.4 Å². The molecule has 2 amide bonds. The summed E-state index contributed by atoms with van der Waals surface area (Å²) in [5.74, 6) is 1.13. The van der Waals surface area contributed by atoms with E-state index in [-0.39, 0.29) is 17.6 Å². The number of carbonyl (C=O) groups excluding carboxylic acids is 1. The highest BCUT2D eigenvalue weighted by Gasteiger charge is 2.24. The summed E-state index contributed by atoms with van der Waals surface area (Å²) in [6.07, 6.45) is 6.58.